The summed E-state index contributed by atoms with van der Waals surface area (Å²) >= 11 is 1.57. The molecule has 33 heavy (non-hydrogen) atoms. The number of benzene rings is 1. The Morgan fingerprint density at radius 2 is 1.76 bits per heavy atom. The first-order valence-electron chi connectivity index (χ1n) is 11.2. The standard InChI is InChI=1S/C25H33N5O2S/c1-24(2)14-18(15-25(3,4)28-24)30(6)23-27-26-22(33-23)19-9-8-16(12-20(19)32-7)17-10-11-29(5)21(31)13-17/h8-13,18,28H,14-15H2,1-7H3. The van der Waals surface area contributed by atoms with Crippen LogP contribution in [0.5, 0.6) is 5.75 Å². The SMILES string of the molecule is COc1cc(-c2ccn(C)c(=O)c2)ccc1-c1nnc(N(C)C2CC(C)(C)NC(C)(C)C2)s1. The molecule has 0 atom stereocenters. The van der Waals surface area contributed by atoms with Gasteiger partial charge in [-0.2, -0.15) is 0 Å². The topological polar surface area (TPSA) is 72.3 Å². The van der Waals surface area contributed by atoms with E-state index >= 15 is 0 Å². The van der Waals surface area contributed by atoms with Crippen LogP contribution in [-0.4, -0.2) is 46.0 Å². The van der Waals surface area contributed by atoms with E-state index in [4.69, 9.17) is 4.74 Å². The van der Waals surface area contributed by atoms with Crippen molar-refractivity contribution >= 4 is 16.5 Å². The van der Waals surface area contributed by atoms with Crippen molar-refractivity contribution in [3.05, 3.63) is 46.9 Å². The Hall–Kier alpha value is -2.71. The summed E-state index contributed by atoms with van der Waals surface area (Å²) in [6.45, 7) is 9.04. The third-order valence-electron chi connectivity index (χ3n) is 6.30. The number of methoxy groups -OCH3 is 1. The molecule has 1 fully saturated rings. The molecule has 0 aliphatic carbocycles. The van der Waals surface area contributed by atoms with Crippen LogP contribution in [0, 0.1) is 0 Å². The predicted molar refractivity (Wildman–Crippen MR) is 135 cm³/mol. The van der Waals surface area contributed by atoms with Crippen LogP contribution >= 0.6 is 11.3 Å². The number of rotatable bonds is 5. The zero-order valence-electron chi connectivity index (χ0n) is 20.5. The maximum absolute atomic E-state index is 12.0. The number of piperidine rings is 1. The van der Waals surface area contributed by atoms with Gasteiger partial charge in [0, 0.05) is 43.5 Å². The highest BCUT2D eigenvalue weighted by Crippen LogP contribution is 2.39. The summed E-state index contributed by atoms with van der Waals surface area (Å²) in [6.07, 6.45) is 3.85. The molecule has 1 aliphatic heterocycles. The van der Waals surface area contributed by atoms with E-state index in [0.29, 0.717) is 11.8 Å². The van der Waals surface area contributed by atoms with Crippen molar-refractivity contribution in [2.45, 2.75) is 57.7 Å². The molecule has 0 bridgehead atoms. The van der Waals surface area contributed by atoms with Crippen LogP contribution < -0.4 is 20.5 Å². The van der Waals surface area contributed by atoms with Crippen LogP contribution in [0.3, 0.4) is 0 Å². The Labute approximate surface area is 199 Å². The zero-order valence-corrected chi connectivity index (χ0v) is 21.3. The van der Waals surface area contributed by atoms with E-state index in [-0.39, 0.29) is 16.6 Å². The quantitative estimate of drug-likeness (QED) is 0.602. The van der Waals surface area contributed by atoms with Gasteiger partial charge >= 0.3 is 0 Å². The number of nitrogens with zero attached hydrogens (tertiary/aromatic N) is 4. The normalized spacial score (nSPS) is 17.7. The minimum atomic E-state index is -0.0448. The van der Waals surface area contributed by atoms with E-state index in [1.54, 1.807) is 42.3 Å². The summed E-state index contributed by atoms with van der Waals surface area (Å²) in [7, 11) is 5.51. The summed E-state index contributed by atoms with van der Waals surface area (Å²) in [5, 5.41) is 14.5. The lowest BCUT2D eigenvalue weighted by molar-refractivity contribution is 0.161. The molecule has 0 unspecified atom stereocenters. The molecule has 3 aromatic rings. The van der Waals surface area contributed by atoms with Gasteiger partial charge in [-0.05, 0) is 69.9 Å². The first-order chi connectivity index (χ1) is 15.5. The van der Waals surface area contributed by atoms with Gasteiger partial charge in [0.05, 0.1) is 12.7 Å². The number of hydrogen-bond acceptors (Lipinski definition) is 7. The van der Waals surface area contributed by atoms with Gasteiger partial charge in [0.25, 0.3) is 5.56 Å². The summed E-state index contributed by atoms with van der Waals surface area (Å²) in [4.78, 5) is 14.3. The summed E-state index contributed by atoms with van der Waals surface area (Å²) in [5.74, 6) is 0.711. The van der Waals surface area contributed by atoms with Gasteiger partial charge in [-0.3, -0.25) is 4.79 Å². The number of aromatic nitrogens is 3. The molecule has 1 N–H and O–H groups in total. The van der Waals surface area contributed by atoms with Crippen LogP contribution in [0.2, 0.25) is 0 Å². The summed E-state index contributed by atoms with van der Waals surface area (Å²) < 4.78 is 7.24. The van der Waals surface area contributed by atoms with Gasteiger partial charge < -0.3 is 19.5 Å². The number of hydrogen-bond donors (Lipinski definition) is 1. The Balaban J connectivity index is 1.61. The van der Waals surface area contributed by atoms with Gasteiger partial charge in [0.2, 0.25) is 5.13 Å². The van der Waals surface area contributed by atoms with Crippen molar-refractivity contribution in [3.8, 4) is 27.4 Å². The second-order valence-corrected chi connectivity index (χ2v) is 11.2. The van der Waals surface area contributed by atoms with Crippen LogP contribution in [0.25, 0.3) is 21.7 Å². The van der Waals surface area contributed by atoms with Crippen LogP contribution in [0.1, 0.15) is 40.5 Å². The fourth-order valence-corrected chi connectivity index (χ4v) is 5.85. The van der Waals surface area contributed by atoms with Crippen LogP contribution in [0.4, 0.5) is 5.13 Å². The Bertz CT molecular complexity index is 1200. The fraction of sp³-hybridized carbons (Fsp3) is 0.480. The third kappa shape index (κ3) is 4.96. The second kappa shape index (κ2) is 8.57. The molecule has 2 aromatic heterocycles. The molecule has 3 heterocycles. The first kappa shape index (κ1) is 23.4. The summed E-state index contributed by atoms with van der Waals surface area (Å²) in [6, 6.07) is 9.88. The van der Waals surface area contributed by atoms with Crippen molar-refractivity contribution in [1.29, 1.82) is 0 Å². The van der Waals surface area contributed by atoms with Crippen LogP contribution in [-0.2, 0) is 7.05 Å². The average Bonchev–Trinajstić information content (AvgIpc) is 3.22. The molecular formula is C25H33N5O2S. The number of nitrogens with one attached hydrogen (secondary N) is 1. The zero-order chi connectivity index (χ0) is 24.0. The lowest BCUT2D eigenvalue weighted by atomic mass is 9.79. The third-order valence-corrected chi connectivity index (χ3v) is 7.35. The van der Waals surface area contributed by atoms with Crippen molar-refractivity contribution in [2.24, 2.45) is 7.05 Å². The highest BCUT2D eigenvalue weighted by atomic mass is 32.1. The van der Waals surface area contributed by atoms with E-state index in [1.807, 2.05) is 24.3 Å². The van der Waals surface area contributed by atoms with Gasteiger partial charge in [0.1, 0.15) is 5.75 Å². The van der Waals surface area contributed by atoms with Crippen LogP contribution in [0.15, 0.2) is 41.3 Å². The van der Waals surface area contributed by atoms with E-state index < -0.39 is 0 Å². The monoisotopic (exact) mass is 467 g/mol. The maximum atomic E-state index is 12.0. The Kier molecular flexibility index (Phi) is 6.09. The molecule has 176 valence electrons. The van der Waals surface area contributed by atoms with Gasteiger partial charge in [-0.15, -0.1) is 10.2 Å². The van der Waals surface area contributed by atoms with Gasteiger partial charge in [-0.25, -0.2) is 0 Å². The molecular weight excluding hydrogens is 434 g/mol. The van der Waals surface area contributed by atoms with E-state index in [2.05, 4.69) is 55.2 Å². The molecule has 8 heteroatoms. The average molecular weight is 468 g/mol. The molecule has 0 spiro atoms. The van der Waals surface area contributed by atoms with Crippen molar-refractivity contribution in [2.75, 3.05) is 19.1 Å². The summed E-state index contributed by atoms with van der Waals surface area (Å²) in [5.41, 5.74) is 2.76. The largest absolute Gasteiger partial charge is 0.496 e. The van der Waals surface area contributed by atoms with Gasteiger partial charge in [0.15, 0.2) is 5.01 Å². The van der Waals surface area contributed by atoms with Crippen molar-refractivity contribution < 1.29 is 4.74 Å². The van der Waals surface area contributed by atoms with Gasteiger partial charge in [-0.1, -0.05) is 17.4 Å². The first-order valence-corrected chi connectivity index (χ1v) is 12.0. The minimum Gasteiger partial charge on any atom is -0.496 e. The predicted octanol–water partition coefficient (Wildman–Crippen LogP) is 4.32. The lowest BCUT2D eigenvalue weighted by Crippen LogP contribution is -2.61. The fourth-order valence-electron chi connectivity index (χ4n) is 4.94. The van der Waals surface area contributed by atoms with E-state index in [9.17, 15) is 4.79 Å². The number of anilines is 1. The highest BCUT2D eigenvalue weighted by molar-refractivity contribution is 7.18. The lowest BCUT2D eigenvalue weighted by Gasteiger charge is -2.48. The molecule has 1 aromatic carbocycles. The van der Waals surface area contributed by atoms with E-state index in [0.717, 1.165) is 39.7 Å². The maximum Gasteiger partial charge on any atom is 0.250 e. The second-order valence-electron chi connectivity index (χ2n) is 10.2. The molecule has 7 nitrogen and oxygen atoms in total. The Morgan fingerprint density at radius 3 is 2.39 bits per heavy atom. The highest BCUT2D eigenvalue weighted by Gasteiger charge is 2.39. The number of ether oxygens (including phenoxy) is 1. The number of aryl methyl sites for hydroxylation is 1. The molecule has 4 rings (SSSR count). The molecule has 0 amide bonds. The van der Waals surface area contributed by atoms with Crippen molar-refractivity contribution in [3.63, 3.8) is 0 Å². The minimum absolute atomic E-state index is 0.0448. The molecule has 0 saturated carbocycles. The molecule has 0 radical (unpaired) electrons. The smallest absolute Gasteiger partial charge is 0.250 e. The molecule has 1 aliphatic rings. The van der Waals surface area contributed by atoms with E-state index in [1.165, 1.54) is 0 Å². The van der Waals surface area contributed by atoms with Crippen molar-refractivity contribution in [1.82, 2.24) is 20.1 Å². The number of pyridine rings is 1. The molecule has 1 saturated heterocycles. The Morgan fingerprint density at radius 1 is 1.09 bits per heavy atom.